The van der Waals surface area contributed by atoms with Gasteiger partial charge < -0.3 is 8.83 Å². The maximum absolute atomic E-state index is 6.50. The number of benzene rings is 8. The summed E-state index contributed by atoms with van der Waals surface area (Å²) >= 11 is 1.84. The van der Waals surface area contributed by atoms with Crippen molar-refractivity contribution < 1.29 is 8.83 Å². The van der Waals surface area contributed by atoms with Gasteiger partial charge in [-0.2, -0.15) is 0 Å². The molecule has 0 unspecified atom stereocenters. The first-order chi connectivity index (χ1) is 28.2. The molecule has 0 atom stereocenters. The number of aromatic nitrogens is 3. The summed E-state index contributed by atoms with van der Waals surface area (Å²) in [7, 11) is 0. The van der Waals surface area contributed by atoms with Crippen molar-refractivity contribution in [2.75, 3.05) is 0 Å². The van der Waals surface area contributed by atoms with Gasteiger partial charge in [0.25, 0.3) is 0 Å². The molecule has 0 saturated carbocycles. The summed E-state index contributed by atoms with van der Waals surface area (Å²) in [6, 6.07) is 60.9. The summed E-state index contributed by atoms with van der Waals surface area (Å²) in [5, 5.41) is 6.80. The molecule has 6 heteroatoms. The van der Waals surface area contributed by atoms with Crippen LogP contribution in [0.1, 0.15) is 0 Å². The zero-order chi connectivity index (χ0) is 37.5. The minimum absolute atomic E-state index is 0.610. The summed E-state index contributed by atoms with van der Waals surface area (Å²) in [4.78, 5) is 14.9. The molecule has 4 heterocycles. The molecule has 0 aliphatic carbocycles. The Kier molecular flexibility index (Phi) is 7.03. The van der Waals surface area contributed by atoms with Crippen molar-refractivity contribution in [1.29, 1.82) is 0 Å². The molecule has 12 aromatic rings. The molecular formula is C51H29N3O2S. The molecule has 0 spiro atoms. The fourth-order valence-corrected chi connectivity index (χ4v) is 9.60. The van der Waals surface area contributed by atoms with Gasteiger partial charge in [0.1, 0.15) is 22.3 Å². The standard InChI is InChI=1S/C51H29N3O2S/c1-3-12-30(13-4-1)49-52-50(31-14-5-2-6-15-31)54-51(53-49)33-25-27-45-42(29-33)41-28-32(24-26-44(41)55-45)34-17-9-21-39-40-22-11-20-38(48(40)57-47(34)39)37-19-10-18-36-35-16-7-8-23-43(35)56-46(36)37/h1-29H. The van der Waals surface area contributed by atoms with E-state index in [1.165, 1.54) is 31.3 Å². The van der Waals surface area contributed by atoms with Crippen molar-refractivity contribution in [3.8, 4) is 56.4 Å². The number of hydrogen-bond donors (Lipinski definition) is 0. The normalized spacial score (nSPS) is 11.9. The van der Waals surface area contributed by atoms with E-state index < -0.39 is 0 Å². The average Bonchev–Trinajstić information content (AvgIpc) is 3.98. The third kappa shape index (κ3) is 5.12. The van der Waals surface area contributed by atoms with E-state index >= 15 is 0 Å². The van der Waals surface area contributed by atoms with E-state index in [1.54, 1.807) is 0 Å². The molecule has 4 aromatic heterocycles. The molecule has 0 fully saturated rings. The Hall–Kier alpha value is -7.41. The summed E-state index contributed by atoms with van der Waals surface area (Å²) in [5.41, 5.74) is 10.8. The zero-order valence-corrected chi connectivity index (χ0v) is 31.1. The van der Waals surface area contributed by atoms with E-state index in [0.29, 0.717) is 17.5 Å². The van der Waals surface area contributed by atoms with Gasteiger partial charge >= 0.3 is 0 Å². The summed E-state index contributed by atoms with van der Waals surface area (Å²) in [6.45, 7) is 0. The molecule has 0 aliphatic heterocycles. The average molecular weight is 748 g/mol. The van der Waals surface area contributed by atoms with Crippen molar-refractivity contribution in [3.05, 3.63) is 176 Å². The van der Waals surface area contributed by atoms with Gasteiger partial charge in [-0.05, 0) is 47.5 Å². The Morgan fingerprint density at radius 3 is 1.49 bits per heavy atom. The largest absolute Gasteiger partial charge is 0.456 e. The fraction of sp³-hybridized carbons (Fsp3) is 0. The molecule has 0 amide bonds. The van der Waals surface area contributed by atoms with Crippen LogP contribution in [0, 0.1) is 0 Å². The van der Waals surface area contributed by atoms with E-state index in [2.05, 4.69) is 91.0 Å². The van der Waals surface area contributed by atoms with Crippen LogP contribution in [0.4, 0.5) is 0 Å². The minimum Gasteiger partial charge on any atom is -0.456 e. The topological polar surface area (TPSA) is 65.0 Å². The van der Waals surface area contributed by atoms with Crippen LogP contribution < -0.4 is 0 Å². The molecule has 8 aromatic carbocycles. The maximum Gasteiger partial charge on any atom is 0.164 e. The van der Waals surface area contributed by atoms with Crippen molar-refractivity contribution >= 4 is 75.4 Å². The van der Waals surface area contributed by atoms with Gasteiger partial charge in [0.05, 0.1) is 0 Å². The van der Waals surface area contributed by atoms with E-state index in [4.69, 9.17) is 23.8 Å². The lowest BCUT2D eigenvalue weighted by Gasteiger charge is -2.08. The number of furan rings is 2. The second-order valence-corrected chi connectivity index (χ2v) is 15.3. The molecule has 0 saturated heterocycles. The first-order valence-corrected chi connectivity index (χ1v) is 19.7. The second-order valence-electron chi connectivity index (χ2n) is 14.3. The van der Waals surface area contributed by atoms with Gasteiger partial charge in [0, 0.05) is 69.5 Å². The number of hydrogen-bond acceptors (Lipinski definition) is 6. The summed E-state index contributed by atoms with van der Waals surface area (Å²) < 4.78 is 15.4. The van der Waals surface area contributed by atoms with E-state index in [-0.39, 0.29) is 0 Å². The van der Waals surface area contributed by atoms with Gasteiger partial charge in [-0.25, -0.2) is 15.0 Å². The lowest BCUT2D eigenvalue weighted by Crippen LogP contribution is -2.00. The SMILES string of the molecule is c1ccc(-c2nc(-c3ccccc3)nc(-c3ccc4oc5ccc(-c6cccc7c6sc6c(-c8cccc9c8oc8ccccc89)cccc67)cc5c4c3)n2)cc1. The molecule has 57 heavy (non-hydrogen) atoms. The highest BCUT2D eigenvalue weighted by molar-refractivity contribution is 7.26. The first kappa shape index (κ1) is 31.9. The van der Waals surface area contributed by atoms with Crippen LogP contribution in [0.5, 0.6) is 0 Å². The lowest BCUT2D eigenvalue weighted by molar-refractivity contribution is 0.669. The number of fused-ring (bicyclic) bond motifs is 9. The fourth-order valence-electron chi connectivity index (χ4n) is 8.24. The molecule has 0 aliphatic rings. The highest BCUT2D eigenvalue weighted by Gasteiger charge is 2.19. The van der Waals surface area contributed by atoms with Crippen LogP contribution in [-0.2, 0) is 0 Å². The Bertz CT molecular complexity index is 3470. The van der Waals surface area contributed by atoms with Crippen molar-refractivity contribution in [3.63, 3.8) is 0 Å². The summed E-state index contributed by atoms with van der Waals surface area (Å²) in [5.74, 6) is 1.87. The predicted octanol–water partition coefficient (Wildman–Crippen LogP) is 14.4. The van der Waals surface area contributed by atoms with E-state index in [1.807, 2.05) is 96.3 Å². The van der Waals surface area contributed by atoms with Gasteiger partial charge in [-0.3, -0.25) is 0 Å². The molecule has 12 rings (SSSR count). The van der Waals surface area contributed by atoms with Crippen LogP contribution in [0.25, 0.3) is 120 Å². The van der Waals surface area contributed by atoms with Crippen molar-refractivity contribution in [1.82, 2.24) is 15.0 Å². The lowest BCUT2D eigenvalue weighted by atomic mass is 9.98. The summed E-state index contributed by atoms with van der Waals surface area (Å²) in [6.07, 6.45) is 0. The van der Waals surface area contributed by atoms with Gasteiger partial charge in [0.15, 0.2) is 17.5 Å². The van der Waals surface area contributed by atoms with Crippen molar-refractivity contribution in [2.24, 2.45) is 0 Å². The van der Waals surface area contributed by atoms with E-state index in [0.717, 1.165) is 71.7 Å². The Balaban J connectivity index is 1.00. The Morgan fingerprint density at radius 2 is 0.807 bits per heavy atom. The van der Waals surface area contributed by atoms with Crippen LogP contribution >= 0.6 is 11.3 Å². The number of nitrogens with zero attached hydrogens (tertiary/aromatic N) is 3. The highest BCUT2D eigenvalue weighted by Crippen LogP contribution is 2.46. The van der Waals surface area contributed by atoms with Crippen LogP contribution in [0.15, 0.2) is 185 Å². The van der Waals surface area contributed by atoms with Gasteiger partial charge in [-0.1, -0.05) is 140 Å². The van der Waals surface area contributed by atoms with E-state index in [9.17, 15) is 0 Å². The van der Waals surface area contributed by atoms with Gasteiger partial charge in [-0.15, -0.1) is 11.3 Å². The maximum atomic E-state index is 6.50. The quantitative estimate of drug-likeness (QED) is 0.175. The molecule has 0 bridgehead atoms. The third-order valence-electron chi connectivity index (χ3n) is 11.0. The highest BCUT2D eigenvalue weighted by atomic mass is 32.1. The number of rotatable bonds is 5. The van der Waals surface area contributed by atoms with Crippen LogP contribution in [-0.4, -0.2) is 15.0 Å². The Labute approximate surface area is 330 Å². The molecular weight excluding hydrogens is 719 g/mol. The Morgan fingerprint density at radius 1 is 0.316 bits per heavy atom. The van der Waals surface area contributed by atoms with Crippen LogP contribution in [0.2, 0.25) is 0 Å². The number of thiophene rings is 1. The molecule has 0 radical (unpaired) electrons. The zero-order valence-electron chi connectivity index (χ0n) is 30.3. The molecule has 0 N–H and O–H groups in total. The predicted molar refractivity (Wildman–Crippen MR) is 234 cm³/mol. The van der Waals surface area contributed by atoms with Gasteiger partial charge in [0.2, 0.25) is 0 Å². The molecule has 5 nitrogen and oxygen atoms in total. The second kappa shape index (κ2) is 12.6. The smallest absolute Gasteiger partial charge is 0.164 e. The minimum atomic E-state index is 0.610. The van der Waals surface area contributed by atoms with Crippen molar-refractivity contribution in [2.45, 2.75) is 0 Å². The number of para-hydroxylation sites is 2. The molecule has 266 valence electrons. The third-order valence-corrected chi connectivity index (χ3v) is 12.2. The monoisotopic (exact) mass is 747 g/mol. The first-order valence-electron chi connectivity index (χ1n) is 18.9. The van der Waals surface area contributed by atoms with Crippen LogP contribution in [0.3, 0.4) is 0 Å².